The van der Waals surface area contributed by atoms with Gasteiger partial charge in [-0.05, 0) is 56.2 Å². The van der Waals surface area contributed by atoms with Gasteiger partial charge in [0, 0.05) is 30.6 Å². The Bertz CT molecular complexity index is 1600. The third-order valence-electron chi connectivity index (χ3n) is 7.10. The summed E-state index contributed by atoms with van der Waals surface area (Å²) in [4.78, 5) is 31.5. The SMILES string of the molecule is C=Nc1nc(-c2cnn(C)c2)[nH]c1/C(=C\C)c1ccc(CN2CCOc3cc(C4CC4)cc(F)c3C2=O)nc1. The van der Waals surface area contributed by atoms with Gasteiger partial charge in [0.2, 0.25) is 0 Å². The maximum absolute atomic E-state index is 15.0. The standard InChI is InChI=1S/C29H28FN7O2/c1-4-22(26-28(31-2)35-27(34-26)20-14-33-36(3)15-20)18-7-8-21(32-13-18)16-37-9-10-39-24-12-19(17-5-6-17)11-23(30)25(24)29(37)38/h4,7-8,11-15,17H,2,5-6,9-10,16H2,1,3H3,(H,34,35)/b22-4-. The van der Waals surface area contributed by atoms with E-state index >= 15 is 4.39 Å². The van der Waals surface area contributed by atoms with Gasteiger partial charge in [-0.1, -0.05) is 12.1 Å². The van der Waals surface area contributed by atoms with Crippen LogP contribution in [0.15, 0.2) is 53.9 Å². The van der Waals surface area contributed by atoms with Crippen LogP contribution in [0.5, 0.6) is 5.75 Å². The molecule has 1 aliphatic carbocycles. The van der Waals surface area contributed by atoms with Crippen LogP contribution in [0.3, 0.4) is 0 Å². The largest absolute Gasteiger partial charge is 0.491 e. The molecule has 1 aromatic carbocycles. The van der Waals surface area contributed by atoms with Crippen LogP contribution < -0.4 is 4.74 Å². The number of aryl methyl sites for hydroxylation is 1. The van der Waals surface area contributed by atoms with E-state index in [2.05, 4.69) is 31.8 Å². The van der Waals surface area contributed by atoms with Crippen molar-refractivity contribution in [3.63, 3.8) is 0 Å². The Balaban J connectivity index is 1.23. The highest BCUT2D eigenvalue weighted by molar-refractivity contribution is 5.97. The number of hydrogen-bond acceptors (Lipinski definition) is 6. The van der Waals surface area contributed by atoms with Crippen LogP contribution in [0.4, 0.5) is 10.2 Å². The van der Waals surface area contributed by atoms with E-state index in [0.717, 1.165) is 40.8 Å². The highest BCUT2D eigenvalue weighted by atomic mass is 19.1. The van der Waals surface area contributed by atoms with Gasteiger partial charge in [0.25, 0.3) is 5.91 Å². The molecule has 1 N–H and O–H groups in total. The van der Waals surface area contributed by atoms with Crippen molar-refractivity contribution < 1.29 is 13.9 Å². The maximum atomic E-state index is 15.0. The van der Waals surface area contributed by atoms with Gasteiger partial charge >= 0.3 is 0 Å². The second-order valence-corrected chi connectivity index (χ2v) is 9.81. The Morgan fingerprint density at radius 2 is 2.15 bits per heavy atom. The zero-order valence-corrected chi connectivity index (χ0v) is 21.8. The summed E-state index contributed by atoms with van der Waals surface area (Å²) in [5.74, 6) is 0.917. The van der Waals surface area contributed by atoms with Crippen molar-refractivity contribution in [1.29, 1.82) is 0 Å². The average molecular weight is 526 g/mol. The smallest absolute Gasteiger partial charge is 0.261 e. The summed E-state index contributed by atoms with van der Waals surface area (Å²) in [6, 6.07) is 7.11. The van der Waals surface area contributed by atoms with Crippen LogP contribution in [0.1, 0.15) is 58.6 Å². The Hall–Kier alpha value is -4.60. The average Bonchev–Trinajstić information content (AvgIpc) is 3.60. The minimum Gasteiger partial charge on any atom is -0.491 e. The monoisotopic (exact) mass is 525 g/mol. The number of amides is 1. The molecule has 0 unspecified atom stereocenters. The third kappa shape index (κ3) is 4.73. The first-order valence-corrected chi connectivity index (χ1v) is 12.9. The van der Waals surface area contributed by atoms with E-state index in [1.165, 1.54) is 6.07 Å². The predicted octanol–water partition coefficient (Wildman–Crippen LogP) is 5.04. The fraction of sp³-hybridized carbons (Fsp3) is 0.276. The number of aromatic nitrogens is 5. The number of H-pyrrole nitrogens is 1. The lowest BCUT2D eigenvalue weighted by Crippen LogP contribution is -2.32. The molecule has 4 heterocycles. The van der Waals surface area contributed by atoms with Gasteiger partial charge in [-0.15, -0.1) is 0 Å². The number of nitrogens with one attached hydrogen (secondary N) is 1. The summed E-state index contributed by atoms with van der Waals surface area (Å²) in [6.45, 7) is 6.48. The Morgan fingerprint density at radius 1 is 1.31 bits per heavy atom. The molecule has 0 saturated heterocycles. The lowest BCUT2D eigenvalue weighted by molar-refractivity contribution is 0.0737. The van der Waals surface area contributed by atoms with E-state index in [1.807, 2.05) is 44.4 Å². The summed E-state index contributed by atoms with van der Waals surface area (Å²) in [7, 11) is 1.84. The van der Waals surface area contributed by atoms with Crippen LogP contribution in [-0.4, -0.2) is 55.4 Å². The van der Waals surface area contributed by atoms with E-state index in [4.69, 9.17) is 4.74 Å². The molecule has 0 bridgehead atoms. The van der Waals surface area contributed by atoms with E-state index in [0.29, 0.717) is 42.2 Å². The van der Waals surface area contributed by atoms with Crippen molar-refractivity contribution in [3.8, 4) is 17.1 Å². The van der Waals surface area contributed by atoms with Gasteiger partial charge in [0.05, 0.1) is 36.2 Å². The van der Waals surface area contributed by atoms with E-state index in [-0.39, 0.29) is 18.0 Å². The van der Waals surface area contributed by atoms with Gasteiger partial charge in [0.1, 0.15) is 29.6 Å². The molecule has 39 heavy (non-hydrogen) atoms. The quantitative estimate of drug-likeness (QED) is 0.341. The molecule has 0 spiro atoms. The molecular formula is C29H28FN7O2. The molecule has 0 atom stereocenters. The fourth-order valence-electron chi connectivity index (χ4n) is 4.93. The zero-order chi connectivity index (χ0) is 27.1. The van der Waals surface area contributed by atoms with Crippen molar-refractivity contribution in [2.24, 2.45) is 12.0 Å². The molecule has 2 aliphatic rings. The number of carbonyl (C=O) groups is 1. The molecule has 198 valence electrons. The molecule has 0 radical (unpaired) electrons. The summed E-state index contributed by atoms with van der Waals surface area (Å²) in [6.07, 6.45) is 9.40. The lowest BCUT2D eigenvalue weighted by atomic mass is 10.0. The number of benzene rings is 1. The second-order valence-electron chi connectivity index (χ2n) is 9.81. The number of imidazole rings is 1. The first kappa shape index (κ1) is 24.7. The topological polar surface area (TPSA) is 101 Å². The van der Waals surface area contributed by atoms with Crippen LogP contribution in [0.2, 0.25) is 0 Å². The molecule has 10 heteroatoms. The normalized spacial score (nSPS) is 15.6. The van der Waals surface area contributed by atoms with Crippen molar-refractivity contribution in [2.45, 2.75) is 32.2 Å². The first-order valence-electron chi connectivity index (χ1n) is 12.9. The van der Waals surface area contributed by atoms with Crippen LogP contribution >= 0.6 is 0 Å². The first-order chi connectivity index (χ1) is 18.9. The van der Waals surface area contributed by atoms with Crippen LogP contribution in [0, 0.1) is 5.82 Å². The van der Waals surface area contributed by atoms with Crippen LogP contribution in [-0.2, 0) is 13.6 Å². The number of aliphatic imine (C=N–C) groups is 1. The van der Waals surface area contributed by atoms with Crippen molar-refractivity contribution in [1.82, 2.24) is 29.6 Å². The summed E-state index contributed by atoms with van der Waals surface area (Å²) in [5.41, 5.74) is 4.86. The zero-order valence-electron chi connectivity index (χ0n) is 21.8. The summed E-state index contributed by atoms with van der Waals surface area (Å²) >= 11 is 0. The number of carbonyl (C=O) groups excluding carboxylic acids is 1. The molecule has 3 aromatic heterocycles. The number of allylic oxidation sites excluding steroid dienone is 1. The summed E-state index contributed by atoms with van der Waals surface area (Å²) in [5, 5.41) is 4.21. The minimum absolute atomic E-state index is 0.00200. The molecule has 1 aliphatic heterocycles. The molecular weight excluding hydrogens is 497 g/mol. The van der Waals surface area contributed by atoms with E-state index < -0.39 is 5.82 Å². The highest BCUT2D eigenvalue weighted by Gasteiger charge is 2.31. The highest BCUT2D eigenvalue weighted by Crippen LogP contribution is 2.43. The third-order valence-corrected chi connectivity index (χ3v) is 7.10. The number of nitrogens with zero attached hydrogens (tertiary/aromatic N) is 6. The Labute approximate surface area is 225 Å². The molecule has 1 saturated carbocycles. The maximum Gasteiger partial charge on any atom is 0.261 e. The Kier molecular flexibility index (Phi) is 6.30. The number of pyridine rings is 1. The van der Waals surface area contributed by atoms with E-state index in [9.17, 15) is 4.79 Å². The molecule has 6 rings (SSSR count). The van der Waals surface area contributed by atoms with E-state index in [1.54, 1.807) is 22.0 Å². The molecule has 1 fully saturated rings. The van der Waals surface area contributed by atoms with Gasteiger partial charge in [-0.3, -0.25) is 14.5 Å². The lowest BCUT2D eigenvalue weighted by Gasteiger charge is -2.20. The van der Waals surface area contributed by atoms with Crippen molar-refractivity contribution in [3.05, 3.63) is 82.8 Å². The number of ether oxygens (including phenoxy) is 1. The van der Waals surface area contributed by atoms with Crippen LogP contribution in [0.25, 0.3) is 17.0 Å². The number of rotatable bonds is 7. The predicted molar refractivity (Wildman–Crippen MR) is 146 cm³/mol. The van der Waals surface area contributed by atoms with Crippen molar-refractivity contribution >= 4 is 24.0 Å². The number of hydrogen-bond donors (Lipinski definition) is 1. The number of aromatic amines is 1. The van der Waals surface area contributed by atoms with Gasteiger partial charge in [0.15, 0.2) is 5.82 Å². The minimum atomic E-state index is -0.524. The fourth-order valence-corrected chi connectivity index (χ4v) is 4.93. The summed E-state index contributed by atoms with van der Waals surface area (Å²) < 4.78 is 22.5. The Morgan fingerprint density at radius 3 is 2.82 bits per heavy atom. The number of halogens is 1. The second kappa shape index (κ2) is 9.94. The molecule has 1 amide bonds. The number of fused-ring (bicyclic) bond motifs is 1. The van der Waals surface area contributed by atoms with Gasteiger partial charge in [-0.25, -0.2) is 14.4 Å². The molecule has 9 nitrogen and oxygen atoms in total. The van der Waals surface area contributed by atoms with Gasteiger partial charge < -0.3 is 14.6 Å². The van der Waals surface area contributed by atoms with Gasteiger partial charge in [-0.2, -0.15) is 5.10 Å². The molecule has 4 aromatic rings. The van der Waals surface area contributed by atoms with Crippen molar-refractivity contribution in [2.75, 3.05) is 13.2 Å².